The average Bonchev–Trinajstić information content (AvgIpc) is 2.28. The van der Waals surface area contributed by atoms with Crippen molar-refractivity contribution in [2.45, 2.75) is 32.7 Å². The number of nitrogens with two attached hydrogens (primary N) is 1. The molecule has 100 valence electrons. The lowest BCUT2D eigenvalue weighted by atomic mass is 10.0. The van der Waals surface area contributed by atoms with E-state index < -0.39 is 12.5 Å². The van der Waals surface area contributed by atoms with Gasteiger partial charge in [0.05, 0.1) is 6.04 Å². The zero-order valence-electron chi connectivity index (χ0n) is 10.5. The quantitative estimate of drug-likeness (QED) is 0.851. The van der Waals surface area contributed by atoms with Gasteiger partial charge in [0.2, 0.25) is 5.91 Å². The zero-order valence-corrected chi connectivity index (χ0v) is 10.5. The van der Waals surface area contributed by atoms with Crippen molar-refractivity contribution in [1.29, 1.82) is 0 Å². The van der Waals surface area contributed by atoms with E-state index in [0.717, 1.165) is 0 Å². The molecule has 1 rings (SSSR count). The van der Waals surface area contributed by atoms with Gasteiger partial charge in [0.25, 0.3) is 6.43 Å². The van der Waals surface area contributed by atoms with E-state index in [9.17, 15) is 13.6 Å². The highest BCUT2D eigenvalue weighted by molar-refractivity contribution is 5.94. The minimum absolute atomic E-state index is 0.120. The van der Waals surface area contributed by atoms with Crippen LogP contribution in [-0.2, 0) is 4.79 Å². The van der Waals surface area contributed by atoms with Crippen LogP contribution in [0.15, 0.2) is 24.3 Å². The first-order valence-electron chi connectivity index (χ1n) is 5.84. The predicted octanol–water partition coefficient (Wildman–Crippen LogP) is 2.94. The number of alkyl halides is 2. The third-order valence-corrected chi connectivity index (χ3v) is 2.47. The average molecular weight is 256 g/mol. The number of halogens is 2. The Balaban J connectivity index is 2.67. The summed E-state index contributed by atoms with van der Waals surface area (Å²) in [6, 6.07) is 4.98. The Morgan fingerprint density at radius 2 is 2.06 bits per heavy atom. The number of carbonyl (C=O) groups excluding carboxylic acids is 1. The number of carbonyl (C=O) groups is 1. The van der Waals surface area contributed by atoms with Gasteiger partial charge in [-0.2, -0.15) is 0 Å². The number of hydrogen-bond acceptors (Lipinski definition) is 2. The second-order valence-electron chi connectivity index (χ2n) is 4.65. The lowest BCUT2D eigenvalue weighted by Crippen LogP contribution is -2.36. The molecule has 0 aliphatic carbocycles. The van der Waals surface area contributed by atoms with Crippen LogP contribution in [0.25, 0.3) is 0 Å². The topological polar surface area (TPSA) is 55.1 Å². The van der Waals surface area contributed by atoms with Crippen LogP contribution < -0.4 is 11.1 Å². The minimum Gasteiger partial charge on any atom is -0.325 e. The first kappa shape index (κ1) is 14.6. The monoisotopic (exact) mass is 256 g/mol. The van der Waals surface area contributed by atoms with Gasteiger partial charge in [-0.15, -0.1) is 0 Å². The molecule has 1 aromatic carbocycles. The maximum Gasteiger partial charge on any atom is 0.263 e. The summed E-state index contributed by atoms with van der Waals surface area (Å²) >= 11 is 0. The molecule has 0 aliphatic heterocycles. The summed E-state index contributed by atoms with van der Waals surface area (Å²) in [6.45, 7) is 3.93. The molecule has 0 unspecified atom stereocenters. The molecule has 0 fully saturated rings. The molecule has 3 nitrogen and oxygen atoms in total. The van der Waals surface area contributed by atoms with E-state index in [2.05, 4.69) is 5.32 Å². The first-order valence-corrected chi connectivity index (χ1v) is 5.84. The second kappa shape index (κ2) is 6.44. The number of amides is 1. The number of anilines is 1. The molecule has 0 radical (unpaired) electrons. The van der Waals surface area contributed by atoms with E-state index in [1.165, 1.54) is 18.2 Å². The van der Waals surface area contributed by atoms with E-state index in [1.54, 1.807) is 6.07 Å². The van der Waals surface area contributed by atoms with Crippen molar-refractivity contribution >= 4 is 11.6 Å². The van der Waals surface area contributed by atoms with Gasteiger partial charge in [-0.1, -0.05) is 26.0 Å². The fourth-order valence-corrected chi connectivity index (χ4v) is 1.60. The molecule has 1 amide bonds. The Labute approximate surface area is 105 Å². The van der Waals surface area contributed by atoms with Crippen molar-refractivity contribution in [3.8, 4) is 0 Å². The summed E-state index contributed by atoms with van der Waals surface area (Å²) in [7, 11) is 0. The molecule has 1 atom stereocenters. The molecule has 0 saturated carbocycles. The molecule has 0 bridgehead atoms. The van der Waals surface area contributed by atoms with Crippen LogP contribution in [-0.4, -0.2) is 11.9 Å². The van der Waals surface area contributed by atoms with Crippen molar-refractivity contribution in [2.75, 3.05) is 5.32 Å². The third-order valence-electron chi connectivity index (χ3n) is 2.47. The van der Waals surface area contributed by atoms with Gasteiger partial charge in [-0.3, -0.25) is 4.79 Å². The molecular weight excluding hydrogens is 238 g/mol. The molecule has 5 heteroatoms. The van der Waals surface area contributed by atoms with E-state index >= 15 is 0 Å². The van der Waals surface area contributed by atoms with Gasteiger partial charge < -0.3 is 11.1 Å². The van der Waals surface area contributed by atoms with Crippen LogP contribution in [0.1, 0.15) is 32.3 Å². The van der Waals surface area contributed by atoms with Gasteiger partial charge in [0.15, 0.2) is 0 Å². The Morgan fingerprint density at radius 3 is 2.61 bits per heavy atom. The Bertz CT molecular complexity index is 408. The van der Waals surface area contributed by atoms with E-state index in [0.29, 0.717) is 18.0 Å². The normalized spacial score (nSPS) is 12.8. The standard InChI is InChI=1S/C13H18F2N2O/c1-8(2)6-11(16)13(18)17-10-5-3-4-9(7-10)12(14)15/h3-5,7-8,11-12H,6,16H2,1-2H3,(H,17,18)/t11-/m0/s1. The molecule has 0 aliphatic rings. The summed E-state index contributed by atoms with van der Waals surface area (Å²) in [5.74, 6) is -0.0479. The van der Waals surface area contributed by atoms with Gasteiger partial charge in [-0.05, 0) is 24.5 Å². The molecule has 18 heavy (non-hydrogen) atoms. The summed E-state index contributed by atoms with van der Waals surface area (Å²) < 4.78 is 25.0. The van der Waals surface area contributed by atoms with Crippen LogP contribution >= 0.6 is 0 Å². The fraction of sp³-hybridized carbons (Fsp3) is 0.462. The van der Waals surface area contributed by atoms with Gasteiger partial charge in [-0.25, -0.2) is 8.78 Å². The zero-order chi connectivity index (χ0) is 13.7. The van der Waals surface area contributed by atoms with Crippen molar-refractivity contribution in [2.24, 2.45) is 11.7 Å². The van der Waals surface area contributed by atoms with Crippen LogP contribution in [0.4, 0.5) is 14.5 Å². The highest BCUT2D eigenvalue weighted by atomic mass is 19.3. The second-order valence-corrected chi connectivity index (χ2v) is 4.65. The number of rotatable bonds is 5. The fourth-order valence-electron chi connectivity index (χ4n) is 1.60. The largest absolute Gasteiger partial charge is 0.325 e. The minimum atomic E-state index is -2.55. The summed E-state index contributed by atoms with van der Waals surface area (Å²) in [5, 5.41) is 2.55. The van der Waals surface area contributed by atoms with Crippen LogP contribution in [0.3, 0.4) is 0 Å². The molecule has 0 saturated heterocycles. The van der Waals surface area contributed by atoms with Crippen molar-refractivity contribution in [1.82, 2.24) is 0 Å². The number of hydrogen-bond donors (Lipinski definition) is 2. The highest BCUT2D eigenvalue weighted by Gasteiger charge is 2.15. The highest BCUT2D eigenvalue weighted by Crippen LogP contribution is 2.21. The van der Waals surface area contributed by atoms with Crippen molar-refractivity contribution in [3.63, 3.8) is 0 Å². The SMILES string of the molecule is CC(C)C[C@H](N)C(=O)Nc1cccc(C(F)F)c1. The molecule has 0 aromatic heterocycles. The maximum absolute atomic E-state index is 12.5. The summed E-state index contributed by atoms with van der Waals surface area (Å²) in [4.78, 5) is 11.7. The third kappa shape index (κ3) is 4.41. The predicted molar refractivity (Wildman–Crippen MR) is 67.5 cm³/mol. The smallest absolute Gasteiger partial charge is 0.263 e. The molecular formula is C13H18F2N2O. The number of nitrogens with one attached hydrogen (secondary N) is 1. The van der Waals surface area contributed by atoms with Crippen LogP contribution in [0.2, 0.25) is 0 Å². The molecule has 1 aromatic rings. The van der Waals surface area contributed by atoms with Gasteiger partial charge >= 0.3 is 0 Å². The number of benzene rings is 1. The van der Waals surface area contributed by atoms with Crippen molar-refractivity contribution in [3.05, 3.63) is 29.8 Å². The summed E-state index contributed by atoms with van der Waals surface area (Å²) in [5.41, 5.74) is 5.93. The Kier molecular flexibility index (Phi) is 5.22. The van der Waals surface area contributed by atoms with Crippen LogP contribution in [0, 0.1) is 5.92 Å². The van der Waals surface area contributed by atoms with Crippen LogP contribution in [0.5, 0.6) is 0 Å². The van der Waals surface area contributed by atoms with Gasteiger partial charge in [0, 0.05) is 11.3 Å². The lowest BCUT2D eigenvalue weighted by Gasteiger charge is -2.14. The van der Waals surface area contributed by atoms with Gasteiger partial charge in [0.1, 0.15) is 0 Å². The molecule has 3 N–H and O–H groups in total. The van der Waals surface area contributed by atoms with Crippen molar-refractivity contribution < 1.29 is 13.6 Å². The lowest BCUT2D eigenvalue weighted by molar-refractivity contribution is -0.117. The Hall–Kier alpha value is -1.49. The molecule has 0 heterocycles. The first-order chi connectivity index (χ1) is 8.40. The summed E-state index contributed by atoms with van der Waals surface area (Å²) in [6.07, 6.45) is -1.99. The maximum atomic E-state index is 12.5. The molecule has 0 spiro atoms. The van der Waals surface area contributed by atoms with E-state index in [-0.39, 0.29) is 11.5 Å². The van der Waals surface area contributed by atoms with E-state index in [4.69, 9.17) is 5.73 Å². The Morgan fingerprint density at radius 1 is 1.39 bits per heavy atom. The van der Waals surface area contributed by atoms with E-state index in [1.807, 2.05) is 13.8 Å².